The summed E-state index contributed by atoms with van der Waals surface area (Å²) in [7, 11) is 1.54. The lowest BCUT2D eigenvalue weighted by atomic mass is 10.2. The SMILES string of the molecule is CNc1cc(C(F)(F)F)cc(Sc2cccc(Br)c2)n1. The highest BCUT2D eigenvalue weighted by Crippen LogP contribution is 2.35. The van der Waals surface area contributed by atoms with Crippen LogP contribution in [0.15, 0.2) is 50.8 Å². The molecule has 0 fully saturated rings. The number of alkyl halides is 3. The molecule has 7 heteroatoms. The van der Waals surface area contributed by atoms with E-state index in [9.17, 15) is 13.2 Å². The van der Waals surface area contributed by atoms with Gasteiger partial charge in [0.2, 0.25) is 0 Å². The first-order chi connectivity index (χ1) is 9.38. The lowest BCUT2D eigenvalue weighted by Gasteiger charge is -2.11. The number of aromatic nitrogens is 1. The summed E-state index contributed by atoms with van der Waals surface area (Å²) < 4.78 is 39.3. The molecule has 0 spiro atoms. The second kappa shape index (κ2) is 6.05. The van der Waals surface area contributed by atoms with Crippen LogP contribution in [0.5, 0.6) is 0 Å². The van der Waals surface area contributed by atoms with Crippen LogP contribution in [0.3, 0.4) is 0 Å². The minimum absolute atomic E-state index is 0.192. The smallest absolute Gasteiger partial charge is 0.373 e. The zero-order valence-electron chi connectivity index (χ0n) is 10.3. The Hall–Kier alpha value is -1.21. The average molecular weight is 363 g/mol. The normalized spacial score (nSPS) is 11.4. The van der Waals surface area contributed by atoms with Crippen LogP contribution >= 0.6 is 27.7 Å². The first kappa shape index (κ1) is 15.2. The van der Waals surface area contributed by atoms with Crippen molar-refractivity contribution in [1.29, 1.82) is 0 Å². The number of pyridine rings is 1. The average Bonchev–Trinajstić information content (AvgIpc) is 2.37. The van der Waals surface area contributed by atoms with Crippen LogP contribution < -0.4 is 5.32 Å². The Morgan fingerprint density at radius 1 is 1.20 bits per heavy atom. The fourth-order valence-electron chi connectivity index (χ4n) is 1.50. The minimum atomic E-state index is -4.39. The summed E-state index contributed by atoms with van der Waals surface area (Å²) in [6.45, 7) is 0. The molecule has 1 aromatic heterocycles. The van der Waals surface area contributed by atoms with E-state index in [1.807, 2.05) is 24.3 Å². The maximum atomic E-state index is 12.8. The van der Waals surface area contributed by atoms with E-state index in [0.717, 1.165) is 21.5 Å². The van der Waals surface area contributed by atoms with E-state index in [1.54, 1.807) is 0 Å². The molecule has 0 amide bonds. The zero-order valence-corrected chi connectivity index (χ0v) is 12.7. The number of hydrogen-bond acceptors (Lipinski definition) is 3. The predicted molar refractivity (Wildman–Crippen MR) is 77.1 cm³/mol. The Bertz CT molecular complexity index is 617. The summed E-state index contributed by atoms with van der Waals surface area (Å²) in [4.78, 5) is 4.94. The van der Waals surface area contributed by atoms with Gasteiger partial charge in [0.15, 0.2) is 0 Å². The van der Waals surface area contributed by atoms with Crippen molar-refractivity contribution in [3.05, 3.63) is 46.4 Å². The van der Waals surface area contributed by atoms with E-state index in [-0.39, 0.29) is 5.82 Å². The topological polar surface area (TPSA) is 24.9 Å². The molecule has 0 radical (unpaired) electrons. The van der Waals surface area contributed by atoms with Gasteiger partial charge in [-0.25, -0.2) is 4.98 Å². The standard InChI is InChI=1S/C13H10BrF3N2S/c1-18-11-5-8(13(15,16)17)6-12(19-11)20-10-4-2-3-9(14)7-10/h2-7H,1H3,(H,18,19). The van der Waals surface area contributed by atoms with E-state index in [2.05, 4.69) is 26.2 Å². The third kappa shape index (κ3) is 3.89. The van der Waals surface area contributed by atoms with Crippen LogP contribution in [0.2, 0.25) is 0 Å². The molecule has 1 heterocycles. The van der Waals surface area contributed by atoms with Crippen molar-refractivity contribution in [3.8, 4) is 0 Å². The van der Waals surface area contributed by atoms with Crippen LogP contribution in [-0.4, -0.2) is 12.0 Å². The maximum absolute atomic E-state index is 12.8. The number of nitrogens with zero attached hydrogens (tertiary/aromatic N) is 1. The van der Waals surface area contributed by atoms with Gasteiger partial charge < -0.3 is 5.32 Å². The van der Waals surface area contributed by atoms with Gasteiger partial charge in [-0.3, -0.25) is 0 Å². The summed E-state index contributed by atoms with van der Waals surface area (Å²) in [5, 5.41) is 2.94. The van der Waals surface area contributed by atoms with Crippen LogP contribution in [0.1, 0.15) is 5.56 Å². The van der Waals surface area contributed by atoms with E-state index >= 15 is 0 Å². The van der Waals surface area contributed by atoms with Gasteiger partial charge in [-0.05, 0) is 30.3 Å². The first-order valence-corrected chi connectivity index (χ1v) is 7.20. The molecule has 0 aliphatic carbocycles. The number of anilines is 1. The van der Waals surface area contributed by atoms with Gasteiger partial charge in [0.1, 0.15) is 10.8 Å². The third-order valence-electron chi connectivity index (χ3n) is 2.40. The number of benzene rings is 1. The summed E-state index contributed by atoms with van der Waals surface area (Å²) in [6.07, 6.45) is -4.39. The molecule has 2 aromatic rings. The molecule has 0 saturated heterocycles. The molecule has 0 aliphatic heterocycles. The molecule has 0 saturated carbocycles. The van der Waals surface area contributed by atoms with Crippen LogP contribution in [-0.2, 0) is 6.18 Å². The zero-order chi connectivity index (χ0) is 14.8. The summed E-state index contributed by atoms with van der Waals surface area (Å²) in [6, 6.07) is 9.35. The fourth-order valence-corrected chi connectivity index (χ4v) is 2.96. The molecule has 0 bridgehead atoms. The van der Waals surface area contributed by atoms with Crippen molar-refractivity contribution >= 4 is 33.5 Å². The molecule has 106 valence electrons. The molecular weight excluding hydrogens is 353 g/mol. The van der Waals surface area contributed by atoms with Crippen molar-refractivity contribution in [2.75, 3.05) is 12.4 Å². The van der Waals surface area contributed by atoms with Crippen LogP contribution in [0, 0.1) is 0 Å². The van der Waals surface area contributed by atoms with Crippen molar-refractivity contribution in [3.63, 3.8) is 0 Å². The molecule has 0 aliphatic rings. The highest BCUT2D eigenvalue weighted by Gasteiger charge is 2.31. The first-order valence-electron chi connectivity index (χ1n) is 5.59. The van der Waals surface area contributed by atoms with Crippen molar-refractivity contribution in [1.82, 2.24) is 4.98 Å². The van der Waals surface area contributed by atoms with Crippen molar-refractivity contribution < 1.29 is 13.2 Å². The maximum Gasteiger partial charge on any atom is 0.416 e. The Balaban J connectivity index is 2.36. The fraction of sp³-hybridized carbons (Fsp3) is 0.154. The van der Waals surface area contributed by atoms with Crippen LogP contribution in [0.4, 0.5) is 19.0 Å². The molecule has 1 N–H and O–H groups in total. The Kier molecular flexibility index (Phi) is 4.59. The Morgan fingerprint density at radius 3 is 2.55 bits per heavy atom. The van der Waals surface area contributed by atoms with E-state index in [4.69, 9.17) is 0 Å². The molecule has 2 nitrogen and oxygen atoms in total. The van der Waals surface area contributed by atoms with Crippen molar-refractivity contribution in [2.45, 2.75) is 16.1 Å². The summed E-state index contributed by atoms with van der Waals surface area (Å²) in [5.41, 5.74) is -0.714. The number of rotatable bonds is 3. The number of hydrogen-bond donors (Lipinski definition) is 1. The highest BCUT2D eigenvalue weighted by molar-refractivity contribution is 9.10. The molecule has 1 aromatic carbocycles. The summed E-state index contributed by atoms with van der Waals surface area (Å²) in [5.74, 6) is 0.192. The Labute approximate surface area is 126 Å². The Morgan fingerprint density at radius 2 is 1.95 bits per heavy atom. The number of halogens is 4. The largest absolute Gasteiger partial charge is 0.416 e. The molecule has 0 unspecified atom stereocenters. The monoisotopic (exact) mass is 362 g/mol. The van der Waals surface area contributed by atoms with Crippen molar-refractivity contribution in [2.24, 2.45) is 0 Å². The van der Waals surface area contributed by atoms with Gasteiger partial charge in [0.05, 0.1) is 5.56 Å². The lowest BCUT2D eigenvalue weighted by molar-refractivity contribution is -0.137. The lowest BCUT2D eigenvalue weighted by Crippen LogP contribution is -2.07. The van der Waals surface area contributed by atoms with Gasteiger partial charge in [0, 0.05) is 16.4 Å². The van der Waals surface area contributed by atoms with Gasteiger partial charge >= 0.3 is 6.18 Å². The van der Waals surface area contributed by atoms with Gasteiger partial charge in [0.25, 0.3) is 0 Å². The second-order valence-corrected chi connectivity index (χ2v) is 5.90. The van der Waals surface area contributed by atoms with E-state index in [0.29, 0.717) is 5.03 Å². The second-order valence-electron chi connectivity index (χ2n) is 3.89. The predicted octanol–water partition coefficient (Wildman–Crippen LogP) is 5.06. The molecule has 0 atom stereocenters. The van der Waals surface area contributed by atoms with E-state index < -0.39 is 11.7 Å². The van der Waals surface area contributed by atoms with Gasteiger partial charge in [-0.2, -0.15) is 13.2 Å². The molecule has 20 heavy (non-hydrogen) atoms. The van der Waals surface area contributed by atoms with Crippen LogP contribution in [0.25, 0.3) is 0 Å². The molecule has 2 rings (SSSR count). The molecular formula is C13H10BrF3N2S. The van der Waals surface area contributed by atoms with E-state index in [1.165, 1.54) is 18.8 Å². The quantitative estimate of drug-likeness (QED) is 0.826. The van der Waals surface area contributed by atoms with Gasteiger partial charge in [-0.1, -0.05) is 33.8 Å². The number of nitrogens with one attached hydrogen (secondary N) is 1. The van der Waals surface area contributed by atoms with Gasteiger partial charge in [-0.15, -0.1) is 0 Å². The highest BCUT2D eigenvalue weighted by atomic mass is 79.9. The minimum Gasteiger partial charge on any atom is -0.373 e. The summed E-state index contributed by atoms with van der Waals surface area (Å²) >= 11 is 4.50. The third-order valence-corrected chi connectivity index (χ3v) is 3.80.